The molecule has 1 N–H and O–H groups in total. The van der Waals surface area contributed by atoms with Gasteiger partial charge in [0.05, 0.1) is 0 Å². The molecule has 1 nitrogen and oxygen atoms in total. The summed E-state index contributed by atoms with van der Waals surface area (Å²) < 4.78 is 1.30. The van der Waals surface area contributed by atoms with Gasteiger partial charge in [0.1, 0.15) is 0 Å². The minimum absolute atomic E-state index is 0.436. The highest BCUT2D eigenvalue weighted by atomic mass is 79.9. The van der Waals surface area contributed by atoms with E-state index in [4.69, 9.17) is 0 Å². The molecule has 0 aromatic heterocycles. The highest BCUT2D eigenvalue weighted by molar-refractivity contribution is 9.11. The molecule has 1 heterocycles. The van der Waals surface area contributed by atoms with Crippen LogP contribution in [0.15, 0.2) is 35.9 Å². The summed E-state index contributed by atoms with van der Waals surface area (Å²) in [4.78, 5) is 0. The number of nitrogens with one attached hydrogen (secondary N) is 1. The zero-order valence-corrected chi connectivity index (χ0v) is 9.39. The van der Waals surface area contributed by atoms with Crippen LogP contribution in [0, 0.1) is 0 Å². The lowest BCUT2D eigenvalue weighted by molar-refractivity contribution is 0.453. The number of hydrogen-bond acceptors (Lipinski definition) is 1. The molecule has 0 radical (unpaired) electrons. The average molecular weight is 242 g/mol. The summed E-state index contributed by atoms with van der Waals surface area (Å²) in [6.07, 6.45) is 9.22. The van der Waals surface area contributed by atoms with Crippen LogP contribution < -0.4 is 5.32 Å². The Balaban J connectivity index is 2.53. The Morgan fingerprint density at radius 2 is 2.15 bits per heavy atom. The van der Waals surface area contributed by atoms with Crippen molar-refractivity contribution in [2.24, 2.45) is 0 Å². The van der Waals surface area contributed by atoms with E-state index in [0.29, 0.717) is 12.1 Å². The van der Waals surface area contributed by atoms with Gasteiger partial charge in [0, 0.05) is 12.1 Å². The summed E-state index contributed by atoms with van der Waals surface area (Å²) >= 11 is 3.56. The minimum atomic E-state index is 0.436. The normalized spacial score (nSPS) is 27.9. The highest BCUT2D eigenvalue weighted by Crippen LogP contribution is 2.22. The van der Waals surface area contributed by atoms with Crippen molar-refractivity contribution in [2.75, 3.05) is 0 Å². The second-order valence-corrected chi connectivity index (χ2v) is 4.36. The topological polar surface area (TPSA) is 12.0 Å². The summed E-state index contributed by atoms with van der Waals surface area (Å²) in [6, 6.07) is 0.965. The Morgan fingerprint density at radius 3 is 2.77 bits per heavy atom. The van der Waals surface area contributed by atoms with Crippen molar-refractivity contribution in [1.29, 1.82) is 0 Å². The van der Waals surface area contributed by atoms with Gasteiger partial charge >= 0.3 is 0 Å². The molecule has 1 aliphatic rings. The van der Waals surface area contributed by atoms with E-state index in [1.165, 1.54) is 4.48 Å². The Labute approximate surface area is 88.7 Å². The van der Waals surface area contributed by atoms with Gasteiger partial charge in [0.15, 0.2) is 0 Å². The largest absolute Gasteiger partial charge is 0.307 e. The smallest absolute Gasteiger partial charge is 0.0297 e. The molecule has 0 aromatic rings. The summed E-state index contributed by atoms with van der Waals surface area (Å²) in [5.41, 5.74) is 0. The van der Waals surface area contributed by atoms with Gasteiger partial charge < -0.3 is 5.32 Å². The summed E-state index contributed by atoms with van der Waals surface area (Å²) in [7, 11) is 0. The third kappa shape index (κ3) is 3.49. The molecule has 1 aliphatic heterocycles. The van der Waals surface area contributed by atoms with E-state index in [-0.39, 0.29) is 0 Å². The van der Waals surface area contributed by atoms with Gasteiger partial charge in [0.2, 0.25) is 0 Å². The zero-order valence-electron chi connectivity index (χ0n) is 7.80. The fourth-order valence-electron chi connectivity index (χ4n) is 1.60. The second-order valence-electron chi connectivity index (χ2n) is 3.34. The van der Waals surface area contributed by atoms with Crippen molar-refractivity contribution < 1.29 is 0 Å². The van der Waals surface area contributed by atoms with E-state index in [9.17, 15) is 0 Å². The van der Waals surface area contributed by atoms with Crippen molar-refractivity contribution in [3.05, 3.63) is 35.9 Å². The van der Waals surface area contributed by atoms with Gasteiger partial charge in [-0.1, -0.05) is 34.2 Å². The van der Waals surface area contributed by atoms with Crippen molar-refractivity contribution in [3.8, 4) is 0 Å². The maximum absolute atomic E-state index is 3.76. The maximum Gasteiger partial charge on any atom is 0.0297 e. The van der Waals surface area contributed by atoms with Crippen LogP contribution in [-0.2, 0) is 0 Å². The van der Waals surface area contributed by atoms with Crippen LogP contribution in [0.4, 0.5) is 0 Å². The molecule has 0 saturated carbocycles. The molecule has 72 valence electrons. The molecule has 0 aromatic carbocycles. The number of halogens is 1. The van der Waals surface area contributed by atoms with Crippen LogP contribution in [-0.4, -0.2) is 12.1 Å². The molecule has 0 saturated heterocycles. The Bertz CT molecular complexity index is 220. The molecule has 0 spiro atoms. The van der Waals surface area contributed by atoms with Gasteiger partial charge in [-0.2, -0.15) is 0 Å². The first kappa shape index (κ1) is 10.7. The van der Waals surface area contributed by atoms with E-state index < -0.39 is 0 Å². The van der Waals surface area contributed by atoms with Gasteiger partial charge in [-0.3, -0.25) is 0 Å². The molecule has 0 aliphatic carbocycles. The van der Waals surface area contributed by atoms with E-state index >= 15 is 0 Å². The van der Waals surface area contributed by atoms with Crippen LogP contribution in [0.3, 0.4) is 0 Å². The first-order valence-electron chi connectivity index (χ1n) is 4.60. The molecule has 2 atom stereocenters. The molecule has 0 unspecified atom stereocenters. The van der Waals surface area contributed by atoms with Gasteiger partial charge in [0.25, 0.3) is 0 Å². The molecule has 0 amide bonds. The van der Waals surface area contributed by atoms with Crippen molar-refractivity contribution >= 4 is 15.9 Å². The van der Waals surface area contributed by atoms with Gasteiger partial charge in [-0.05, 0) is 23.7 Å². The molecule has 2 heteroatoms. The zero-order chi connectivity index (χ0) is 9.68. The molecule has 0 fully saturated rings. The summed E-state index contributed by atoms with van der Waals surface area (Å²) in [5, 5.41) is 3.54. The first-order chi connectivity index (χ1) is 6.26. The van der Waals surface area contributed by atoms with Gasteiger partial charge in [-0.15, -0.1) is 13.2 Å². The van der Waals surface area contributed by atoms with Crippen LogP contribution >= 0.6 is 15.9 Å². The number of rotatable bonds is 4. The number of hydrogen-bond donors (Lipinski definition) is 1. The fraction of sp³-hybridized carbons (Fsp3) is 0.455. The Kier molecular flexibility index (Phi) is 4.46. The molecule has 13 heavy (non-hydrogen) atoms. The average Bonchev–Trinajstić information content (AvgIpc) is 2.04. The fourth-order valence-corrected chi connectivity index (χ4v) is 2.31. The van der Waals surface area contributed by atoms with Crippen molar-refractivity contribution in [1.82, 2.24) is 5.32 Å². The summed E-state index contributed by atoms with van der Waals surface area (Å²) in [5.74, 6) is 0. The second kappa shape index (κ2) is 5.40. The molecular formula is C11H16BrN. The Hall–Kier alpha value is -0.340. The van der Waals surface area contributed by atoms with E-state index in [2.05, 4.69) is 40.5 Å². The van der Waals surface area contributed by atoms with Crippen LogP contribution in [0.2, 0.25) is 0 Å². The first-order valence-corrected chi connectivity index (χ1v) is 5.39. The predicted molar refractivity (Wildman–Crippen MR) is 62.0 cm³/mol. The lowest BCUT2D eigenvalue weighted by Gasteiger charge is -2.27. The van der Waals surface area contributed by atoms with E-state index in [1.807, 2.05) is 12.2 Å². The van der Waals surface area contributed by atoms with E-state index in [0.717, 1.165) is 19.3 Å². The van der Waals surface area contributed by atoms with Gasteiger partial charge in [-0.25, -0.2) is 0 Å². The monoisotopic (exact) mass is 241 g/mol. The maximum atomic E-state index is 3.76. The summed E-state index contributed by atoms with van der Waals surface area (Å²) in [6.45, 7) is 7.50. The lowest BCUT2D eigenvalue weighted by atomic mass is 10.0. The van der Waals surface area contributed by atoms with Crippen LogP contribution in [0.1, 0.15) is 19.3 Å². The minimum Gasteiger partial charge on any atom is -0.307 e. The third-order valence-electron chi connectivity index (χ3n) is 2.14. The standard InChI is InChI=1S/C11H16BrN/c1-3-5-10-7-9(12)8-11(13-10)6-4-2/h3-4,7,10-11,13H,1-2,5-6,8H2/t10-,11+/m1/s1. The van der Waals surface area contributed by atoms with E-state index in [1.54, 1.807) is 0 Å². The third-order valence-corrected chi connectivity index (χ3v) is 2.73. The van der Waals surface area contributed by atoms with Crippen molar-refractivity contribution in [3.63, 3.8) is 0 Å². The van der Waals surface area contributed by atoms with Crippen LogP contribution in [0.25, 0.3) is 0 Å². The molecular weight excluding hydrogens is 226 g/mol. The molecule has 1 rings (SSSR count). The van der Waals surface area contributed by atoms with Crippen molar-refractivity contribution in [2.45, 2.75) is 31.3 Å². The highest BCUT2D eigenvalue weighted by Gasteiger charge is 2.18. The Morgan fingerprint density at radius 1 is 1.46 bits per heavy atom. The molecule has 0 bridgehead atoms. The predicted octanol–water partition coefficient (Wildman–Crippen LogP) is 3.15. The van der Waals surface area contributed by atoms with Crippen LogP contribution in [0.5, 0.6) is 0 Å². The SMILES string of the molecule is C=CC[C@H]1CC(Br)=C[C@@H](CC=C)N1. The quantitative estimate of drug-likeness (QED) is 0.747. The lowest BCUT2D eigenvalue weighted by Crippen LogP contribution is -2.39.